The number of carbonyl (C=O) groups is 1. The Morgan fingerprint density at radius 3 is 2.82 bits per heavy atom. The van der Waals surface area contributed by atoms with Gasteiger partial charge in [0.15, 0.2) is 0 Å². The molecular weight excluding hydrogens is 274 g/mol. The van der Waals surface area contributed by atoms with Crippen molar-refractivity contribution in [3.05, 3.63) is 29.8 Å². The molecule has 2 heterocycles. The van der Waals surface area contributed by atoms with Crippen LogP contribution in [0.3, 0.4) is 0 Å². The van der Waals surface area contributed by atoms with E-state index in [0.29, 0.717) is 11.9 Å². The van der Waals surface area contributed by atoms with E-state index in [2.05, 4.69) is 60.3 Å². The Labute approximate surface area is 133 Å². The largest absolute Gasteiger partial charge is 0.372 e. The molecule has 0 aromatic heterocycles. The van der Waals surface area contributed by atoms with Crippen molar-refractivity contribution in [2.45, 2.75) is 45.3 Å². The molecule has 4 nitrogen and oxygen atoms in total. The van der Waals surface area contributed by atoms with E-state index < -0.39 is 0 Å². The standard InChI is InChI=1S/C18H27N3O/c1-13-10-15(8-9-19-13)18(22)21-12-16-6-4-5-7-17(16)20(3)11-14(21)2/h4-7,13-15,19H,8-12H2,1-3H3/t13-,14?,15-/m0/s1. The van der Waals surface area contributed by atoms with E-state index in [1.165, 1.54) is 11.3 Å². The Morgan fingerprint density at radius 2 is 2.05 bits per heavy atom. The van der Waals surface area contributed by atoms with Crippen molar-refractivity contribution in [1.29, 1.82) is 0 Å². The number of nitrogens with zero attached hydrogens (tertiary/aromatic N) is 2. The van der Waals surface area contributed by atoms with Crippen LogP contribution in [-0.2, 0) is 11.3 Å². The molecule has 1 fully saturated rings. The summed E-state index contributed by atoms with van der Waals surface area (Å²) in [7, 11) is 2.12. The molecule has 22 heavy (non-hydrogen) atoms. The monoisotopic (exact) mass is 301 g/mol. The van der Waals surface area contributed by atoms with E-state index in [1.807, 2.05) is 0 Å². The second-order valence-corrected chi connectivity index (χ2v) is 6.90. The number of fused-ring (bicyclic) bond motifs is 1. The van der Waals surface area contributed by atoms with Gasteiger partial charge >= 0.3 is 0 Å². The molecule has 0 saturated carbocycles. The van der Waals surface area contributed by atoms with Crippen molar-refractivity contribution in [2.75, 3.05) is 25.0 Å². The quantitative estimate of drug-likeness (QED) is 0.864. The van der Waals surface area contributed by atoms with Crippen molar-refractivity contribution in [1.82, 2.24) is 10.2 Å². The summed E-state index contributed by atoms with van der Waals surface area (Å²) in [5.41, 5.74) is 2.51. The molecule has 1 unspecified atom stereocenters. The lowest BCUT2D eigenvalue weighted by Crippen LogP contribution is -2.48. The second-order valence-electron chi connectivity index (χ2n) is 6.90. The van der Waals surface area contributed by atoms with Crippen LogP contribution < -0.4 is 10.2 Å². The average molecular weight is 301 g/mol. The first kappa shape index (κ1) is 15.3. The first-order chi connectivity index (χ1) is 10.6. The van der Waals surface area contributed by atoms with E-state index in [-0.39, 0.29) is 12.0 Å². The number of nitrogens with one attached hydrogen (secondary N) is 1. The molecule has 1 aromatic carbocycles. The number of hydrogen-bond acceptors (Lipinski definition) is 3. The van der Waals surface area contributed by atoms with Crippen LogP contribution in [0, 0.1) is 5.92 Å². The highest BCUT2D eigenvalue weighted by Gasteiger charge is 2.33. The Morgan fingerprint density at radius 1 is 1.27 bits per heavy atom. The number of hydrogen-bond donors (Lipinski definition) is 1. The van der Waals surface area contributed by atoms with Crippen LogP contribution in [0.15, 0.2) is 24.3 Å². The number of amides is 1. The van der Waals surface area contributed by atoms with Gasteiger partial charge in [0.05, 0.1) is 0 Å². The number of benzene rings is 1. The van der Waals surface area contributed by atoms with Crippen molar-refractivity contribution in [2.24, 2.45) is 5.92 Å². The molecule has 0 radical (unpaired) electrons. The number of piperidine rings is 1. The van der Waals surface area contributed by atoms with E-state index >= 15 is 0 Å². The third-order valence-corrected chi connectivity index (χ3v) is 5.07. The van der Waals surface area contributed by atoms with Crippen molar-refractivity contribution in [3.8, 4) is 0 Å². The van der Waals surface area contributed by atoms with Crippen LogP contribution in [0.5, 0.6) is 0 Å². The van der Waals surface area contributed by atoms with Crippen LogP contribution in [0.1, 0.15) is 32.3 Å². The average Bonchev–Trinajstić information content (AvgIpc) is 2.63. The summed E-state index contributed by atoms with van der Waals surface area (Å²) in [6.07, 6.45) is 1.92. The fourth-order valence-corrected chi connectivity index (χ4v) is 3.84. The normalized spacial score (nSPS) is 29.0. The molecular formula is C18H27N3O. The summed E-state index contributed by atoms with van der Waals surface area (Å²) in [5.74, 6) is 0.514. The van der Waals surface area contributed by atoms with Crippen LogP contribution in [-0.4, -0.2) is 43.0 Å². The minimum atomic E-state index is 0.175. The SMILES string of the molecule is CC1CN(C)c2ccccc2CN1C(=O)[C@H]1CCN[C@@H](C)C1. The molecule has 3 atom stereocenters. The van der Waals surface area contributed by atoms with Crippen molar-refractivity contribution < 1.29 is 4.79 Å². The van der Waals surface area contributed by atoms with Gasteiger partial charge in [0.2, 0.25) is 5.91 Å². The first-order valence-electron chi connectivity index (χ1n) is 8.39. The zero-order chi connectivity index (χ0) is 15.7. The van der Waals surface area contributed by atoms with Gasteiger partial charge in [-0.25, -0.2) is 0 Å². The van der Waals surface area contributed by atoms with E-state index in [1.54, 1.807) is 0 Å². The van der Waals surface area contributed by atoms with E-state index in [0.717, 1.165) is 32.5 Å². The molecule has 2 aliphatic heterocycles. The van der Waals surface area contributed by atoms with Gasteiger partial charge in [-0.15, -0.1) is 0 Å². The minimum absolute atomic E-state index is 0.175. The molecule has 120 valence electrons. The first-order valence-corrected chi connectivity index (χ1v) is 8.39. The number of rotatable bonds is 1. The molecule has 1 aromatic rings. The summed E-state index contributed by atoms with van der Waals surface area (Å²) < 4.78 is 0. The fraction of sp³-hybridized carbons (Fsp3) is 0.611. The highest BCUT2D eigenvalue weighted by molar-refractivity contribution is 5.80. The zero-order valence-corrected chi connectivity index (χ0v) is 13.9. The van der Waals surface area contributed by atoms with Gasteiger partial charge in [0.25, 0.3) is 0 Å². The molecule has 0 aliphatic carbocycles. The maximum absolute atomic E-state index is 13.1. The third-order valence-electron chi connectivity index (χ3n) is 5.07. The molecule has 3 rings (SSSR count). The highest BCUT2D eigenvalue weighted by Crippen LogP contribution is 2.28. The van der Waals surface area contributed by atoms with Gasteiger partial charge in [0, 0.05) is 43.8 Å². The lowest BCUT2D eigenvalue weighted by molar-refractivity contribution is -0.139. The number of carbonyl (C=O) groups excluding carboxylic acids is 1. The fourth-order valence-electron chi connectivity index (χ4n) is 3.84. The highest BCUT2D eigenvalue weighted by atomic mass is 16.2. The molecule has 0 bridgehead atoms. The molecule has 0 spiro atoms. The summed E-state index contributed by atoms with van der Waals surface area (Å²) in [6, 6.07) is 9.14. The Kier molecular flexibility index (Phi) is 4.39. The molecule has 1 amide bonds. The summed E-state index contributed by atoms with van der Waals surface area (Å²) in [6.45, 7) is 6.93. The molecule has 1 saturated heterocycles. The third kappa shape index (κ3) is 2.98. The van der Waals surface area contributed by atoms with Gasteiger partial charge in [-0.05, 0) is 44.9 Å². The van der Waals surface area contributed by atoms with Gasteiger partial charge in [-0.1, -0.05) is 18.2 Å². The lowest BCUT2D eigenvalue weighted by atomic mass is 9.91. The molecule has 1 N–H and O–H groups in total. The second kappa shape index (κ2) is 6.29. The maximum atomic E-state index is 13.1. The number of anilines is 1. The van der Waals surface area contributed by atoms with Gasteiger partial charge in [-0.2, -0.15) is 0 Å². The Hall–Kier alpha value is -1.55. The number of para-hydroxylation sites is 1. The van der Waals surface area contributed by atoms with Gasteiger partial charge < -0.3 is 15.1 Å². The Bertz CT molecular complexity index is 545. The van der Waals surface area contributed by atoms with Gasteiger partial charge in [0.1, 0.15) is 0 Å². The topological polar surface area (TPSA) is 35.6 Å². The van der Waals surface area contributed by atoms with E-state index in [4.69, 9.17) is 0 Å². The molecule has 4 heteroatoms. The lowest BCUT2D eigenvalue weighted by Gasteiger charge is -2.35. The zero-order valence-electron chi connectivity index (χ0n) is 13.9. The van der Waals surface area contributed by atoms with Crippen LogP contribution in [0.2, 0.25) is 0 Å². The summed E-state index contributed by atoms with van der Waals surface area (Å²) in [5, 5.41) is 3.44. The van der Waals surface area contributed by atoms with E-state index in [9.17, 15) is 4.79 Å². The van der Waals surface area contributed by atoms with Gasteiger partial charge in [-0.3, -0.25) is 4.79 Å². The maximum Gasteiger partial charge on any atom is 0.226 e. The minimum Gasteiger partial charge on any atom is -0.372 e. The predicted octanol–water partition coefficient (Wildman–Crippen LogP) is 2.24. The van der Waals surface area contributed by atoms with Crippen LogP contribution in [0.4, 0.5) is 5.69 Å². The van der Waals surface area contributed by atoms with Crippen LogP contribution in [0.25, 0.3) is 0 Å². The van der Waals surface area contributed by atoms with Crippen LogP contribution >= 0.6 is 0 Å². The summed E-state index contributed by atoms with van der Waals surface area (Å²) in [4.78, 5) is 17.4. The predicted molar refractivity (Wildman–Crippen MR) is 89.9 cm³/mol. The van der Waals surface area contributed by atoms with Crippen molar-refractivity contribution in [3.63, 3.8) is 0 Å². The molecule has 2 aliphatic rings. The summed E-state index contributed by atoms with van der Waals surface area (Å²) >= 11 is 0. The Balaban J connectivity index is 1.82. The smallest absolute Gasteiger partial charge is 0.226 e. The number of likely N-dealkylation sites (N-methyl/N-ethyl adjacent to an activating group) is 1. The van der Waals surface area contributed by atoms with Crippen molar-refractivity contribution >= 4 is 11.6 Å².